The van der Waals surface area contributed by atoms with Gasteiger partial charge in [-0.05, 0) is 25.0 Å². The minimum Gasteiger partial charge on any atom is -0.494 e. The first-order valence-corrected chi connectivity index (χ1v) is 8.47. The zero-order chi connectivity index (χ0) is 16.7. The molecule has 128 valence electrons. The molecule has 2 rings (SSSR count). The largest absolute Gasteiger partial charge is 0.494 e. The standard InChI is InChI=1S/C18H28N2O3/c1-4-5-6-7-17(21)19-18-14(2)12-15(13-16(18)22-3)20-8-10-23-11-9-20/h12-13H,4-11H2,1-3H3,(H,19,21). The van der Waals surface area contributed by atoms with Crippen LogP contribution < -0.4 is 15.0 Å². The van der Waals surface area contributed by atoms with Crippen molar-refractivity contribution in [1.82, 2.24) is 0 Å². The number of benzene rings is 1. The zero-order valence-corrected chi connectivity index (χ0v) is 14.5. The molecule has 0 spiro atoms. The lowest BCUT2D eigenvalue weighted by Crippen LogP contribution is -2.36. The number of aryl methyl sites for hydroxylation is 1. The van der Waals surface area contributed by atoms with Gasteiger partial charge in [0.05, 0.1) is 26.0 Å². The molecule has 1 aromatic rings. The molecule has 1 aromatic carbocycles. The molecule has 1 amide bonds. The van der Waals surface area contributed by atoms with Crippen molar-refractivity contribution in [2.45, 2.75) is 39.5 Å². The smallest absolute Gasteiger partial charge is 0.224 e. The van der Waals surface area contributed by atoms with E-state index in [0.29, 0.717) is 6.42 Å². The molecule has 1 aliphatic rings. The van der Waals surface area contributed by atoms with Crippen molar-refractivity contribution < 1.29 is 14.3 Å². The van der Waals surface area contributed by atoms with E-state index in [0.717, 1.165) is 68.3 Å². The summed E-state index contributed by atoms with van der Waals surface area (Å²) in [7, 11) is 1.64. The number of carbonyl (C=O) groups is 1. The number of anilines is 2. The maximum atomic E-state index is 12.1. The van der Waals surface area contributed by atoms with Gasteiger partial charge in [-0.2, -0.15) is 0 Å². The number of hydrogen-bond acceptors (Lipinski definition) is 4. The lowest BCUT2D eigenvalue weighted by Gasteiger charge is -2.30. The highest BCUT2D eigenvalue weighted by Crippen LogP contribution is 2.34. The van der Waals surface area contributed by atoms with Crippen molar-refractivity contribution in [1.29, 1.82) is 0 Å². The predicted octanol–water partition coefficient (Wildman–Crippen LogP) is 3.36. The molecule has 5 nitrogen and oxygen atoms in total. The molecule has 0 radical (unpaired) electrons. The Morgan fingerprint density at radius 2 is 2.04 bits per heavy atom. The first-order chi connectivity index (χ1) is 11.2. The number of ether oxygens (including phenoxy) is 2. The van der Waals surface area contributed by atoms with Gasteiger partial charge in [-0.15, -0.1) is 0 Å². The Morgan fingerprint density at radius 3 is 2.70 bits per heavy atom. The van der Waals surface area contributed by atoms with E-state index in [1.165, 1.54) is 0 Å². The number of amides is 1. The number of nitrogens with zero attached hydrogens (tertiary/aromatic N) is 1. The summed E-state index contributed by atoms with van der Waals surface area (Å²) in [5.74, 6) is 0.773. The molecular weight excluding hydrogens is 292 g/mol. The topological polar surface area (TPSA) is 50.8 Å². The van der Waals surface area contributed by atoms with Crippen LogP contribution in [0, 0.1) is 6.92 Å². The fraction of sp³-hybridized carbons (Fsp3) is 0.611. The van der Waals surface area contributed by atoms with Crippen LogP contribution in [0.2, 0.25) is 0 Å². The van der Waals surface area contributed by atoms with Gasteiger partial charge >= 0.3 is 0 Å². The van der Waals surface area contributed by atoms with Gasteiger partial charge in [-0.1, -0.05) is 19.8 Å². The van der Waals surface area contributed by atoms with Crippen LogP contribution in [-0.4, -0.2) is 39.3 Å². The molecule has 0 bridgehead atoms. The van der Waals surface area contributed by atoms with Gasteiger partial charge in [-0.25, -0.2) is 0 Å². The summed E-state index contributed by atoms with van der Waals surface area (Å²) in [6.07, 6.45) is 3.68. The summed E-state index contributed by atoms with van der Waals surface area (Å²) in [5.41, 5.74) is 2.92. The minimum atomic E-state index is 0.0546. The highest BCUT2D eigenvalue weighted by molar-refractivity contribution is 5.93. The normalized spacial score (nSPS) is 14.7. The fourth-order valence-electron chi connectivity index (χ4n) is 2.80. The fourth-order valence-corrected chi connectivity index (χ4v) is 2.80. The molecule has 1 fully saturated rings. The molecule has 0 unspecified atom stereocenters. The molecule has 0 atom stereocenters. The number of unbranched alkanes of at least 4 members (excludes halogenated alkanes) is 2. The van der Waals surface area contributed by atoms with Gasteiger partial charge < -0.3 is 19.7 Å². The van der Waals surface area contributed by atoms with Gasteiger partial charge in [0.1, 0.15) is 5.75 Å². The Labute approximate surface area is 139 Å². The van der Waals surface area contributed by atoms with Crippen LogP contribution in [0.4, 0.5) is 11.4 Å². The van der Waals surface area contributed by atoms with E-state index >= 15 is 0 Å². The predicted molar refractivity (Wildman–Crippen MR) is 93.5 cm³/mol. The quantitative estimate of drug-likeness (QED) is 0.783. The molecule has 1 N–H and O–H groups in total. The Bertz CT molecular complexity index is 525. The highest BCUT2D eigenvalue weighted by Gasteiger charge is 2.17. The average molecular weight is 320 g/mol. The summed E-state index contributed by atoms with van der Waals surface area (Å²) in [5, 5.41) is 3.01. The van der Waals surface area contributed by atoms with E-state index in [2.05, 4.69) is 23.2 Å². The first kappa shape index (κ1) is 17.6. The lowest BCUT2D eigenvalue weighted by atomic mass is 10.1. The summed E-state index contributed by atoms with van der Waals surface area (Å²) in [6.45, 7) is 7.40. The second-order valence-corrected chi connectivity index (χ2v) is 5.94. The highest BCUT2D eigenvalue weighted by atomic mass is 16.5. The molecular formula is C18H28N2O3. The van der Waals surface area contributed by atoms with E-state index < -0.39 is 0 Å². The molecule has 1 aliphatic heterocycles. The third-order valence-corrected chi connectivity index (χ3v) is 4.15. The maximum Gasteiger partial charge on any atom is 0.224 e. The summed E-state index contributed by atoms with van der Waals surface area (Å²) < 4.78 is 10.9. The Kier molecular flexibility index (Phi) is 6.71. The Morgan fingerprint density at radius 1 is 1.30 bits per heavy atom. The number of nitrogens with one attached hydrogen (secondary N) is 1. The number of rotatable bonds is 7. The van der Waals surface area contributed by atoms with Gasteiger partial charge in [0.15, 0.2) is 0 Å². The molecule has 5 heteroatoms. The summed E-state index contributed by atoms with van der Waals surface area (Å²) >= 11 is 0. The third-order valence-electron chi connectivity index (χ3n) is 4.15. The molecule has 23 heavy (non-hydrogen) atoms. The van der Waals surface area contributed by atoms with Crippen molar-refractivity contribution >= 4 is 17.3 Å². The first-order valence-electron chi connectivity index (χ1n) is 8.47. The average Bonchev–Trinajstić information content (AvgIpc) is 2.57. The maximum absolute atomic E-state index is 12.1. The van der Waals surface area contributed by atoms with Crippen molar-refractivity contribution in [3.05, 3.63) is 17.7 Å². The number of hydrogen-bond donors (Lipinski definition) is 1. The van der Waals surface area contributed by atoms with Crippen LogP contribution in [0.3, 0.4) is 0 Å². The SMILES string of the molecule is CCCCCC(=O)Nc1c(C)cc(N2CCOCC2)cc1OC. The molecule has 1 saturated heterocycles. The lowest BCUT2D eigenvalue weighted by molar-refractivity contribution is -0.116. The van der Waals surface area contributed by atoms with Crippen LogP contribution in [-0.2, 0) is 9.53 Å². The third kappa shape index (κ3) is 4.86. The van der Waals surface area contributed by atoms with E-state index in [4.69, 9.17) is 9.47 Å². The monoisotopic (exact) mass is 320 g/mol. The number of methoxy groups -OCH3 is 1. The summed E-state index contributed by atoms with van der Waals surface area (Å²) in [4.78, 5) is 14.4. The van der Waals surface area contributed by atoms with Crippen molar-refractivity contribution in [3.8, 4) is 5.75 Å². The van der Waals surface area contributed by atoms with Gasteiger partial charge in [0.25, 0.3) is 0 Å². The van der Waals surface area contributed by atoms with Gasteiger partial charge in [0.2, 0.25) is 5.91 Å². The van der Waals surface area contributed by atoms with Gasteiger partial charge in [-0.3, -0.25) is 4.79 Å². The molecule has 1 heterocycles. The van der Waals surface area contributed by atoms with E-state index in [1.807, 2.05) is 13.0 Å². The van der Waals surface area contributed by atoms with Crippen LogP contribution in [0.5, 0.6) is 5.75 Å². The summed E-state index contributed by atoms with van der Waals surface area (Å²) in [6, 6.07) is 4.11. The van der Waals surface area contributed by atoms with E-state index in [1.54, 1.807) is 7.11 Å². The Hall–Kier alpha value is -1.75. The number of carbonyl (C=O) groups excluding carboxylic acids is 1. The van der Waals surface area contributed by atoms with Crippen molar-refractivity contribution in [2.24, 2.45) is 0 Å². The minimum absolute atomic E-state index is 0.0546. The molecule has 0 aliphatic carbocycles. The second-order valence-electron chi connectivity index (χ2n) is 5.94. The van der Waals surface area contributed by atoms with Crippen molar-refractivity contribution in [2.75, 3.05) is 43.6 Å². The van der Waals surface area contributed by atoms with E-state index in [-0.39, 0.29) is 5.91 Å². The molecule has 0 saturated carbocycles. The van der Waals surface area contributed by atoms with Crippen molar-refractivity contribution in [3.63, 3.8) is 0 Å². The van der Waals surface area contributed by atoms with E-state index in [9.17, 15) is 4.79 Å². The van der Waals surface area contributed by atoms with Crippen LogP contribution in [0.15, 0.2) is 12.1 Å². The zero-order valence-electron chi connectivity index (χ0n) is 14.5. The van der Waals surface area contributed by atoms with Crippen LogP contribution in [0.1, 0.15) is 38.2 Å². The number of morpholine rings is 1. The van der Waals surface area contributed by atoms with Crippen LogP contribution >= 0.6 is 0 Å². The van der Waals surface area contributed by atoms with Gasteiger partial charge in [0, 0.05) is 31.3 Å². The second kappa shape index (κ2) is 8.77. The van der Waals surface area contributed by atoms with Crippen LogP contribution in [0.25, 0.3) is 0 Å². The Balaban J connectivity index is 2.11. The molecule has 0 aromatic heterocycles.